The molecular weight excluding hydrogens is 228 g/mol. The molecule has 0 spiro atoms. The summed E-state index contributed by atoms with van der Waals surface area (Å²) in [5.74, 6) is -0.706. The van der Waals surface area contributed by atoms with Gasteiger partial charge in [0.15, 0.2) is 0 Å². The van der Waals surface area contributed by atoms with Crippen LogP contribution in [-0.2, 0) is 4.79 Å². The largest absolute Gasteiger partial charge is 0.480 e. The zero-order valence-corrected chi connectivity index (χ0v) is 10.7. The highest BCUT2D eigenvalue weighted by Crippen LogP contribution is 2.33. The zero-order chi connectivity index (χ0) is 12.7. The normalized spacial score (nSPS) is 33.7. The van der Waals surface area contributed by atoms with E-state index in [1.54, 1.807) is 0 Å². The Bertz CT molecular complexity index is 414. The minimum absolute atomic E-state index is 0.414. The third kappa shape index (κ3) is 1.89. The van der Waals surface area contributed by atoms with Crippen LogP contribution in [-0.4, -0.2) is 59.1 Å². The maximum atomic E-state index is 11.6. The van der Waals surface area contributed by atoms with Crippen LogP contribution in [0.4, 0.5) is 0 Å². The lowest BCUT2D eigenvalue weighted by Crippen LogP contribution is -2.52. The number of aliphatic carboxylic acids is 1. The predicted molar refractivity (Wildman–Crippen MR) is 69.4 cm³/mol. The van der Waals surface area contributed by atoms with E-state index in [0.29, 0.717) is 12.1 Å². The first-order valence-electron chi connectivity index (χ1n) is 6.72. The lowest BCUT2D eigenvalue weighted by Gasteiger charge is -2.36. The van der Waals surface area contributed by atoms with Crippen LogP contribution in [0.15, 0.2) is 23.8 Å². The van der Waals surface area contributed by atoms with Gasteiger partial charge < -0.3 is 10.0 Å². The molecule has 0 aromatic rings. The maximum absolute atomic E-state index is 11.6. The smallest absolute Gasteiger partial charge is 0.325 e. The highest BCUT2D eigenvalue weighted by molar-refractivity contribution is 5.78. The molecule has 0 aromatic heterocycles. The van der Waals surface area contributed by atoms with Crippen molar-refractivity contribution >= 4 is 5.97 Å². The van der Waals surface area contributed by atoms with Crippen molar-refractivity contribution in [2.45, 2.75) is 37.4 Å². The standard InChI is InChI=1S/C14H20N2O2/c1-15-8-12-7-11(15)9-16(12)13(14(17)18)10-5-3-2-4-6-10/h3,5-6,11-13H,2,4,7-9H2,1H3,(H,17,18)/t11-,12?,13?/m1/s1. The third-order valence-electron chi connectivity index (χ3n) is 4.46. The number of carboxylic acid groups (broad SMARTS) is 1. The molecule has 4 heteroatoms. The minimum atomic E-state index is -0.706. The number of likely N-dealkylation sites (N-methyl/N-ethyl adjacent to an activating group) is 1. The quantitative estimate of drug-likeness (QED) is 0.812. The van der Waals surface area contributed by atoms with Gasteiger partial charge in [-0.1, -0.05) is 18.2 Å². The summed E-state index contributed by atoms with van der Waals surface area (Å²) in [5, 5.41) is 9.55. The van der Waals surface area contributed by atoms with E-state index in [-0.39, 0.29) is 0 Å². The van der Waals surface area contributed by atoms with Crippen LogP contribution >= 0.6 is 0 Å². The van der Waals surface area contributed by atoms with Crippen molar-refractivity contribution in [3.63, 3.8) is 0 Å². The highest BCUT2D eigenvalue weighted by Gasteiger charge is 2.46. The van der Waals surface area contributed by atoms with Crippen LogP contribution in [0.5, 0.6) is 0 Å². The van der Waals surface area contributed by atoms with Gasteiger partial charge in [0, 0.05) is 25.2 Å². The van der Waals surface area contributed by atoms with Gasteiger partial charge in [-0.15, -0.1) is 0 Å². The van der Waals surface area contributed by atoms with Crippen molar-refractivity contribution in [3.05, 3.63) is 23.8 Å². The number of carbonyl (C=O) groups is 1. The van der Waals surface area contributed by atoms with Crippen LogP contribution in [0.3, 0.4) is 0 Å². The number of nitrogens with zero attached hydrogens (tertiary/aromatic N) is 2. The second-order valence-electron chi connectivity index (χ2n) is 5.60. The van der Waals surface area contributed by atoms with Gasteiger partial charge >= 0.3 is 5.97 Å². The summed E-state index contributed by atoms with van der Waals surface area (Å²) in [6.45, 7) is 1.90. The van der Waals surface area contributed by atoms with Crippen LogP contribution in [0.2, 0.25) is 0 Å². The lowest BCUT2D eigenvalue weighted by molar-refractivity contribution is -0.142. The Hall–Kier alpha value is -1.13. The average Bonchev–Trinajstić information content (AvgIpc) is 2.89. The van der Waals surface area contributed by atoms with E-state index < -0.39 is 12.0 Å². The maximum Gasteiger partial charge on any atom is 0.325 e. The molecule has 1 N–H and O–H groups in total. The van der Waals surface area contributed by atoms with Crippen molar-refractivity contribution in [2.75, 3.05) is 20.1 Å². The van der Waals surface area contributed by atoms with Crippen molar-refractivity contribution < 1.29 is 9.90 Å². The Kier molecular flexibility index (Phi) is 2.99. The van der Waals surface area contributed by atoms with Gasteiger partial charge in [0.05, 0.1) is 0 Å². The molecule has 4 nitrogen and oxygen atoms in total. The number of allylic oxidation sites excluding steroid dienone is 2. The Morgan fingerprint density at radius 3 is 2.72 bits per heavy atom. The second kappa shape index (κ2) is 4.52. The molecule has 3 aliphatic rings. The SMILES string of the molecule is CN1CC2C[C@@H]1CN2C(C(=O)O)C1=CCCC=C1. The van der Waals surface area contributed by atoms with Crippen LogP contribution in [0.1, 0.15) is 19.3 Å². The molecule has 2 unspecified atom stereocenters. The van der Waals surface area contributed by atoms with E-state index in [4.69, 9.17) is 0 Å². The van der Waals surface area contributed by atoms with E-state index in [9.17, 15) is 9.90 Å². The van der Waals surface area contributed by atoms with Gasteiger partial charge in [0.2, 0.25) is 0 Å². The van der Waals surface area contributed by atoms with Crippen molar-refractivity contribution in [2.24, 2.45) is 0 Å². The molecule has 3 atom stereocenters. The Morgan fingerprint density at radius 2 is 2.22 bits per heavy atom. The molecule has 98 valence electrons. The number of rotatable bonds is 3. The van der Waals surface area contributed by atoms with Crippen LogP contribution in [0, 0.1) is 0 Å². The molecule has 3 rings (SSSR count). The average molecular weight is 248 g/mol. The number of hydrogen-bond donors (Lipinski definition) is 1. The first-order chi connectivity index (χ1) is 8.66. The Balaban J connectivity index is 1.82. The predicted octanol–water partition coefficient (Wildman–Crippen LogP) is 1.10. The summed E-state index contributed by atoms with van der Waals surface area (Å²) in [7, 11) is 2.14. The number of carboxylic acids is 1. The molecular formula is C14H20N2O2. The summed E-state index contributed by atoms with van der Waals surface area (Å²) in [5.41, 5.74) is 0.976. The van der Waals surface area contributed by atoms with Gasteiger partial charge in [0.25, 0.3) is 0 Å². The third-order valence-corrected chi connectivity index (χ3v) is 4.46. The molecule has 2 saturated heterocycles. The van der Waals surface area contributed by atoms with Crippen LogP contribution < -0.4 is 0 Å². The van der Waals surface area contributed by atoms with Gasteiger partial charge in [-0.25, -0.2) is 0 Å². The first-order valence-corrected chi connectivity index (χ1v) is 6.72. The fourth-order valence-electron chi connectivity index (χ4n) is 3.53. The van der Waals surface area contributed by atoms with Crippen molar-refractivity contribution in [1.82, 2.24) is 9.80 Å². The highest BCUT2D eigenvalue weighted by atomic mass is 16.4. The van der Waals surface area contributed by atoms with E-state index in [1.165, 1.54) is 0 Å². The molecule has 2 fully saturated rings. The fourth-order valence-corrected chi connectivity index (χ4v) is 3.53. The number of likely N-dealkylation sites (tertiary alicyclic amines) is 2. The fraction of sp³-hybridized carbons (Fsp3) is 0.643. The van der Waals surface area contributed by atoms with Crippen molar-refractivity contribution in [3.8, 4) is 0 Å². The monoisotopic (exact) mass is 248 g/mol. The summed E-state index contributed by atoms with van der Waals surface area (Å²) >= 11 is 0. The van der Waals surface area contributed by atoms with Gasteiger partial charge in [0.1, 0.15) is 6.04 Å². The molecule has 0 aromatic carbocycles. The van der Waals surface area contributed by atoms with Gasteiger partial charge in [-0.2, -0.15) is 0 Å². The Morgan fingerprint density at radius 1 is 1.39 bits per heavy atom. The summed E-state index contributed by atoms with van der Waals surface area (Å²) in [4.78, 5) is 16.2. The lowest BCUT2D eigenvalue weighted by atomic mass is 9.98. The number of fused-ring (bicyclic) bond motifs is 2. The van der Waals surface area contributed by atoms with E-state index >= 15 is 0 Å². The molecule has 2 bridgehead atoms. The topological polar surface area (TPSA) is 43.8 Å². The zero-order valence-electron chi connectivity index (χ0n) is 10.7. The van der Waals surface area contributed by atoms with E-state index in [1.807, 2.05) is 6.08 Å². The van der Waals surface area contributed by atoms with Crippen LogP contribution in [0.25, 0.3) is 0 Å². The Labute approximate surface area is 108 Å². The van der Waals surface area contributed by atoms with Gasteiger partial charge in [-0.3, -0.25) is 9.69 Å². The molecule has 0 saturated carbocycles. The summed E-state index contributed by atoms with van der Waals surface area (Å²) < 4.78 is 0. The molecule has 18 heavy (non-hydrogen) atoms. The van der Waals surface area contributed by atoms with Crippen molar-refractivity contribution in [1.29, 1.82) is 0 Å². The molecule has 2 aliphatic heterocycles. The number of piperazine rings is 1. The van der Waals surface area contributed by atoms with E-state index in [0.717, 1.165) is 37.9 Å². The summed E-state index contributed by atoms with van der Waals surface area (Å²) in [6.07, 6.45) is 9.30. The molecule has 1 aliphatic carbocycles. The molecule has 0 radical (unpaired) electrons. The van der Waals surface area contributed by atoms with Gasteiger partial charge in [-0.05, 0) is 31.9 Å². The first kappa shape index (κ1) is 11.9. The molecule has 0 amide bonds. The molecule has 2 heterocycles. The van der Waals surface area contributed by atoms with E-state index in [2.05, 4.69) is 29.0 Å². The number of hydrogen-bond acceptors (Lipinski definition) is 3. The second-order valence-corrected chi connectivity index (χ2v) is 5.60. The minimum Gasteiger partial charge on any atom is -0.480 e. The summed E-state index contributed by atoms with van der Waals surface area (Å²) in [6, 6.07) is 0.521.